The van der Waals surface area contributed by atoms with Gasteiger partial charge >= 0.3 is 5.97 Å². The number of carboxylic acid groups (broad SMARTS) is 1. The maximum Gasteiger partial charge on any atom is 0.364 e. The zero-order chi connectivity index (χ0) is 16.4. The van der Waals surface area contributed by atoms with Crippen LogP contribution in [0.3, 0.4) is 0 Å². The van der Waals surface area contributed by atoms with Crippen LogP contribution in [0.2, 0.25) is 0 Å². The van der Waals surface area contributed by atoms with Gasteiger partial charge < -0.3 is 40.7 Å². The van der Waals surface area contributed by atoms with E-state index in [1.807, 2.05) is 0 Å². The third-order valence-corrected chi connectivity index (χ3v) is 3.21. The van der Waals surface area contributed by atoms with E-state index >= 15 is 0 Å². The first-order valence-corrected chi connectivity index (χ1v) is 6.18. The Bertz CT molecular complexity index is 403. The van der Waals surface area contributed by atoms with Gasteiger partial charge in [0.1, 0.15) is 18.3 Å². The number of hydrogen-bond acceptors (Lipinski definition) is 8. The van der Waals surface area contributed by atoms with Gasteiger partial charge in [-0.2, -0.15) is 0 Å². The zero-order valence-corrected chi connectivity index (χ0v) is 11.2. The van der Waals surface area contributed by atoms with Crippen molar-refractivity contribution in [2.24, 2.45) is 0 Å². The molecule has 0 aromatic rings. The summed E-state index contributed by atoms with van der Waals surface area (Å²) in [6.45, 7) is 0.256. The standard InChI is InChI=1S/C11H19NO9/c1-4(14)12-7-5(15)2-11(20,10(18)19)21-9(7)8(17)6(16)3-13/h5-9,13,15-17,20H,2-3H2,1H3,(H,12,14)(H,18,19)/t5-,6+,7+,8+,9+,11-/m0/s1/i2+1. The van der Waals surface area contributed by atoms with E-state index in [-0.39, 0.29) is 0 Å². The van der Waals surface area contributed by atoms with E-state index in [1.54, 1.807) is 0 Å². The summed E-state index contributed by atoms with van der Waals surface area (Å²) >= 11 is 0. The molecule has 1 heterocycles. The Balaban J connectivity index is 3.07. The van der Waals surface area contributed by atoms with Crippen LogP contribution in [-0.4, -0.2) is 85.4 Å². The molecule has 7 N–H and O–H groups in total. The molecule has 1 aliphatic heterocycles. The first-order valence-electron chi connectivity index (χ1n) is 6.18. The minimum absolute atomic E-state index is 0.598. The fraction of sp³-hybridized carbons (Fsp3) is 0.818. The molecule has 1 saturated heterocycles. The number of aliphatic carboxylic acids is 1. The fourth-order valence-electron chi connectivity index (χ4n) is 2.14. The second-order valence-corrected chi connectivity index (χ2v) is 4.91. The molecule has 0 unspecified atom stereocenters. The van der Waals surface area contributed by atoms with Crippen LogP contribution in [0.1, 0.15) is 13.3 Å². The molecule has 0 saturated carbocycles. The summed E-state index contributed by atoms with van der Waals surface area (Å²) < 4.78 is 4.86. The van der Waals surface area contributed by atoms with Crippen LogP contribution < -0.4 is 5.32 Å². The van der Waals surface area contributed by atoms with Crippen molar-refractivity contribution in [3.63, 3.8) is 0 Å². The Morgan fingerprint density at radius 1 is 1.43 bits per heavy atom. The predicted molar refractivity (Wildman–Crippen MR) is 64.8 cm³/mol. The Morgan fingerprint density at radius 2 is 2.00 bits per heavy atom. The van der Waals surface area contributed by atoms with E-state index in [0.717, 1.165) is 6.92 Å². The van der Waals surface area contributed by atoms with E-state index in [2.05, 4.69) is 5.32 Å². The topological polar surface area (TPSA) is 177 Å². The molecular formula is C11H19NO9. The summed E-state index contributed by atoms with van der Waals surface area (Å²) in [6.07, 6.45) is -7.48. The molecule has 1 fully saturated rings. The van der Waals surface area contributed by atoms with Crippen molar-refractivity contribution in [3.8, 4) is 0 Å². The zero-order valence-electron chi connectivity index (χ0n) is 11.2. The summed E-state index contributed by atoms with van der Waals surface area (Å²) in [5.41, 5.74) is 0. The molecule has 0 aromatic carbocycles. The van der Waals surface area contributed by atoms with Crippen LogP contribution in [0, 0.1) is 0 Å². The number of ether oxygens (including phenoxy) is 1. The van der Waals surface area contributed by atoms with Crippen LogP contribution in [0.4, 0.5) is 0 Å². The van der Waals surface area contributed by atoms with Crippen LogP contribution in [0.25, 0.3) is 0 Å². The minimum Gasteiger partial charge on any atom is -0.477 e. The van der Waals surface area contributed by atoms with Crippen molar-refractivity contribution in [1.82, 2.24) is 5.32 Å². The SMILES string of the molecule is CC(=O)N[C@H]1[C@H]([C@H](O)[C@H](O)CO)O[C@](O)(C(=O)O)[13CH2][C@@H]1O. The lowest BCUT2D eigenvalue weighted by Crippen LogP contribution is -2.67. The van der Waals surface area contributed by atoms with Crippen LogP contribution in [0.15, 0.2) is 0 Å². The van der Waals surface area contributed by atoms with Gasteiger partial charge in [0.25, 0.3) is 5.79 Å². The molecule has 10 nitrogen and oxygen atoms in total. The molecular weight excluding hydrogens is 291 g/mol. The van der Waals surface area contributed by atoms with Crippen molar-refractivity contribution >= 4 is 11.9 Å². The first kappa shape index (κ1) is 17.8. The largest absolute Gasteiger partial charge is 0.477 e. The Hall–Kier alpha value is -1.30. The molecule has 0 bridgehead atoms. The van der Waals surface area contributed by atoms with Crippen LogP contribution in [0.5, 0.6) is 0 Å². The molecule has 1 rings (SSSR count). The highest BCUT2D eigenvalue weighted by Crippen LogP contribution is 2.30. The van der Waals surface area contributed by atoms with Gasteiger partial charge in [-0.15, -0.1) is 0 Å². The Morgan fingerprint density at radius 3 is 2.43 bits per heavy atom. The van der Waals surface area contributed by atoms with Gasteiger partial charge in [-0.3, -0.25) is 4.79 Å². The number of carbonyl (C=O) groups excluding carboxylic acids is 1. The van der Waals surface area contributed by atoms with Gasteiger partial charge in [0, 0.05) is 13.3 Å². The lowest BCUT2D eigenvalue weighted by atomic mass is 9.95. The van der Waals surface area contributed by atoms with E-state index in [0.29, 0.717) is 0 Å². The van der Waals surface area contributed by atoms with Crippen molar-refractivity contribution in [3.05, 3.63) is 0 Å². The van der Waals surface area contributed by atoms with Gasteiger partial charge in [0.05, 0.1) is 18.8 Å². The second kappa shape index (κ2) is 6.64. The average molecular weight is 310 g/mol. The van der Waals surface area contributed by atoms with Crippen molar-refractivity contribution < 1.29 is 45.0 Å². The Kier molecular flexibility index (Phi) is 5.61. The van der Waals surface area contributed by atoms with Gasteiger partial charge in [-0.25, -0.2) is 4.79 Å². The second-order valence-electron chi connectivity index (χ2n) is 4.91. The molecule has 0 spiro atoms. The van der Waals surface area contributed by atoms with Crippen molar-refractivity contribution in [2.45, 2.75) is 49.6 Å². The number of hydrogen-bond donors (Lipinski definition) is 7. The molecule has 10 heteroatoms. The summed E-state index contributed by atoms with van der Waals surface area (Å²) in [5.74, 6) is -5.17. The lowest BCUT2D eigenvalue weighted by Gasteiger charge is -2.44. The monoisotopic (exact) mass is 310 g/mol. The van der Waals surface area contributed by atoms with Gasteiger partial charge in [-0.1, -0.05) is 0 Å². The number of carboxylic acids is 1. The van der Waals surface area contributed by atoms with Gasteiger partial charge in [-0.05, 0) is 0 Å². The number of aliphatic hydroxyl groups is 5. The number of rotatable bonds is 5. The number of aliphatic hydroxyl groups excluding tert-OH is 4. The minimum atomic E-state index is -2.78. The van der Waals surface area contributed by atoms with E-state index in [9.17, 15) is 30.0 Å². The molecule has 122 valence electrons. The average Bonchev–Trinajstić information content (AvgIpc) is 2.39. The highest BCUT2D eigenvalue weighted by molar-refractivity contribution is 5.76. The molecule has 0 radical (unpaired) electrons. The number of carbonyl (C=O) groups is 2. The molecule has 6 atom stereocenters. The quantitative estimate of drug-likeness (QED) is 0.250. The third-order valence-electron chi connectivity index (χ3n) is 3.21. The van der Waals surface area contributed by atoms with Crippen LogP contribution in [-0.2, 0) is 14.3 Å². The maximum absolute atomic E-state index is 11.1. The summed E-state index contributed by atoms with van der Waals surface area (Å²) in [6, 6.07) is -1.27. The maximum atomic E-state index is 11.1. The third kappa shape index (κ3) is 3.87. The van der Waals surface area contributed by atoms with Gasteiger partial charge in [0.15, 0.2) is 0 Å². The van der Waals surface area contributed by atoms with Gasteiger partial charge in [0.2, 0.25) is 5.91 Å². The first-order chi connectivity index (χ1) is 9.62. The normalized spacial score (nSPS) is 35.8. The fourth-order valence-corrected chi connectivity index (χ4v) is 2.14. The van der Waals surface area contributed by atoms with Crippen molar-refractivity contribution in [2.75, 3.05) is 6.61 Å². The highest BCUT2D eigenvalue weighted by Gasteiger charge is 2.53. The van der Waals surface area contributed by atoms with E-state index in [4.69, 9.17) is 14.9 Å². The smallest absolute Gasteiger partial charge is 0.364 e. The number of nitrogens with one attached hydrogen (secondary N) is 1. The molecule has 1 aliphatic rings. The predicted octanol–water partition coefficient (Wildman–Crippen LogP) is -3.87. The van der Waals surface area contributed by atoms with Crippen LogP contribution >= 0.6 is 0 Å². The summed E-state index contributed by atoms with van der Waals surface area (Å²) in [7, 11) is 0. The van der Waals surface area contributed by atoms with E-state index in [1.165, 1.54) is 0 Å². The summed E-state index contributed by atoms with van der Waals surface area (Å²) in [5, 5.41) is 59.0. The highest BCUT2D eigenvalue weighted by atomic mass is 16.7. The number of amides is 1. The Labute approximate surface area is 119 Å². The molecule has 0 aromatic heterocycles. The van der Waals surface area contributed by atoms with E-state index < -0.39 is 61.1 Å². The molecule has 21 heavy (non-hydrogen) atoms. The molecule has 1 amide bonds. The lowest BCUT2D eigenvalue weighted by molar-refractivity contribution is -0.295. The molecule has 0 aliphatic carbocycles. The summed E-state index contributed by atoms with van der Waals surface area (Å²) in [4.78, 5) is 22.1. The van der Waals surface area contributed by atoms with Crippen molar-refractivity contribution in [1.29, 1.82) is 0 Å².